The van der Waals surface area contributed by atoms with E-state index in [1.165, 1.54) is 49.8 Å². The Balaban J connectivity index is 1.92. The summed E-state index contributed by atoms with van der Waals surface area (Å²) in [6.45, 7) is 6.76. The lowest BCUT2D eigenvalue weighted by atomic mass is 9.65. The molecule has 0 aliphatic heterocycles. The van der Waals surface area contributed by atoms with Crippen molar-refractivity contribution in [1.29, 1.82) is 0 Å². The molecule has 1 nitrogen and oxygen atoms in total. The van der Waals surface area contributed by atoms with Gasteiger partial charge in [-0.2, -0.15) is 0 Å². The highest BCUT2D eigenvalue weighted by Crippen LogP contribution is 2.43. The van der Waals surface area contributed by atoms with Crippen LogP contribution >= 0.6 is 0 Å². The van der Waals surface area contributed by atoms with Crippen LogP contribution in [0.15, 0.2) is 24.3 Å². The molecule has 1 aromatic carbocycles. The van der Waals surface area contributed by atoms with E-state index in [0.717, 1.165) is 6.54 Å². The fourth-order valence-electron chi connectivity index (χ4n) is 2.76. The molecule has 1 fully saturated rings. The summed E-state index contributed by atoms with van der Waals surface area (Å²) in [6, 6.07) is 9.08. The van der Waals surface area contributed by atoms with Crippen LogP contribution in [0.2, 0.25) is 0 Å². The maximum atomic E-state index is 3.61. The van der Waals surface area contributed by atoms with E-state index in [1.54, 1.807) is 0 Å². The van der Waals surface area contributed by atoms with Crippen LogP contribution in [0.25, 0.3) is 0 Å². The van der Waals surface area contributed by atoms with Crippen LogP contribution in [0.3, 0.4) is 0 Å². The third-order valence-electron chi connectivity index (χ3n) is 4.04. The van der Waals surface area contributed by atoms with E-state index < -0.39 is 0 Å². The molecule has 1 aliphatic carbocycles. The maximum absolute atomic E-state index is 3.61. The fourth-order valence-corrected chi connectivity index (χ4v) is 2.76. The van der Waals surface area contributed by atoms with Crippen molar-refractivity contribution in [2.24, 2.45) is 5.41 Å². The van der Waals surface area contributed by atoms with Gasteiger partial charge in [0.05, 0.1) is 0 Å². The van der Waals surface area contributed by atoms with E-state index in [-0.39, 0.29) is 0 Å². The van der Waals surface area contributed by atoms with Gasteiger partial charge in [-0.15, -0.1) is 0 Å². The highest BCUT2D eigenvalue weighted by molar-refractivity contribution is 5.23. The minimum atomic E-state index is 0.560. The molecule has 2 rings (SSSR count). The second-order valence-electron chi connectivity index (χ2n) is 5.69. The molecule has 1 heteroatoms. The zero-order valence-electron chi connectivity index (χ0n) is 11.3. The summed E-state index contributed by atoms with van der Waals surface area (Å²) in [5.74, 6) is 0. The summed E-state index contributed by atoms with van der Waals surface area (Å²) >= 11 is 0. The van der Waals surface area contributed by atoms with Gasteiger partial charge in [-0.1, -0.05) is 43.2 Å². The summed E-state index contributed by atoms with van der Waals surface area (Å²) in [5.41, 5.74) is 3.43. The van der Waals surface area contributed by atoms with Crippen LogP contribution in [-0.2, 0) is 6.42 Å². The van der Waals surface area contributed by atoms with E-state index in [0.29, 0.717) is 5.41 Å². The standard InChI is InChI=1S/C16H25N/c1-3-11-17-13-16(9-4-10-16)12-15-7-5-14(2)6-8-15/h5-8,17H,3-4,9-13H2,1-2H3. The molecule has 0 heterocycles. The van der Waals surface area contributed by atoms with Crippen LogP contribution in [0, 0.1) is 12.3 Å². The van der Waals surface area contributed by atoms with Crippen molar-refractivity contribution in [3.05, 3.63) is 35.4 Å². The Bertz CT molecular complexity index is 335. The summed E-state index contributed by atoms with van der Waals surface area (Å²) in [7, 11) is 0. The predicted octanol–water partition coefficient (Wildman–Crippen LogP) is 3.71. The van der Waals surface area contributed by atoms with Crippen LogP contribution < -0.4 is 5.32 Å². The molecule has 1 N–H and O–H groups in total. The van der Waals surface area contributed by atoms with Gasteiger partial charge in [-0.25, -0.2) is 0 Å². The van der Waals surface area contributed by atoms with Gasteiger partial charge < -0.3 is 5.32 Å². The van der Waals surface area contributed by atoms with Gasteiger partial charge in [0.15, 0.2) is 0 Å². The molecule has 1 aliphatic rings. The maximum Gasteiger partial charge on any atom is 0.00110 e. The smallest absolute Gasteiger partial charge is 0.00110 e. The van der Waals surface area contributed by atoms with E-state index in [9.17, 15) is 0 Å². The Labute approximate surface area is 106 Å². The molecular formula is C16H25N. The van der Waals surface area contributed by atoms with Crippen molar-refractivity contribution in [3.63, 3.8) is 0 Å². The molecule has 1 saturated carbocycles. The Morgan fingerprint density at radius 3 is 2.41 bits per heavy atom. The average molecular weight is 231 g/mol. The van der Waals surface area contributed by atoms with Gasteiger partial charge in [-0.05, 0) is 50.1 Å². The van der Waals surface area contributed by atoms with Crippen molar-refractivity contribution >= 4 is 0 Å². The minimum absolute atomic E-state index is 0.560. The summed E-state index contributed by atoms with van der Waals surface area (Å²) in [4.78, 5) is 0. The van der Waals surface area contributed by atoms with E-state index in [1.807, 2.05) is 0 Å². The van der Waals surface area contributed by atoms with Gasteiger partial charge in [-0.3, -0.25) is 0 Å². The van der Waals surface area contributed by atoms with Gasteiger partial charge in [0.1, 0.15) is 0 Å². The first kappa shape index (κ1) is 12.6. The summed E-state index contributed by atoms with van der Waals surface area (Å²) in [5, 5.41) is 3.61. The third kappa shape index (κ3) is 3.32. The number of hydrogen-bond acceptors (Lipinski definition) is 1. The van der Waals surface area contributed by atoms with Crippen molar-refractivity contribution in [2.45, 2.75) is 46.0 Å². The lowest BCUT2D eigenvalue weighted by Crippen LogP contribution is -2.41. The van der Waals surface area contributed by atoms with Gasteiger partial charge in [0, 0.05) is 6.54 Å². The topological polar surface area (TPSA) is 12.0 Å². The van der Waals surface area contributed by atoms with E-state index >= 15 is 0 Å². The minimum Gasteiger partial charge on any atom is -0.316 e. The predicted molar refractivity (Wildman–Crippen MR) is 74.3 cm³/mol. The molecule has 0 unspecified atom stereocenters. The Hall–Kier alpha value is -0.820. The van der Waals surface area contributed by atoms with Gasteiger partial charge >= 0.3 is 0 Å². The average Bonchev–Trinajstić information content (AvgIpc) is 2.29. The van der Waals surface area contributed by atoms with E-state index in [2.05, 4.69) is 43.4 Å². The van der Waals surface area contributed by atoms with Crippen molar-refractivity contribution < 1.29 is 0 Å². The lowest BCUT2D eigenvalue weighted by Gasteiger charge is -2.42. The quantitative estimate of drug-likeness (QED) is 0.736. The summed E-state index contributed by atoms with van der Waals surface area (Å²) in [6.07, 6.45) is 6.71. The van der Waals surface area contributed by atoms with Crippen molar-refractivity contribution in [3.8, 4) is 0 Å². The molecular weight excluding hydrogens is 206 g/mol. The van der Waals surface area contributed by atoms with Gasteiger partial charge in [0.2, 0.25) is 0 Å². The van der Waals surface area contributed by atoms with Crippen LogP contribution in [-0.4, -0.2) is 13.1 Å². The monoisotopic (exact) mass is 231 g/mol. The van der Waals surface area contributed by atoms with Crippen LogP contribution in [0.4, 0.5) is 0 Å². The highest BCUT2D eigenvalue weighted by Gasteiger charge is 2.36. The number of hydrogen-bond donors (Lipinski definition) is 1. The first-order chi connectivity index (χ1) is 8.24. The van der Waals surface area contributed by atoms with Crippen LogP contribution in [0.5, 0.6) is 0 Å². The molecule has 1 aromatic rings. The number of benzene rings is 1. The Kier molecular flexibility index (Phi) is 4.22. The van der Waals surface area contributed by atoms with Crippen molar-refractivity contribution in [1.82, 2.24) is 5.32 Å². The SMILES string of the molecule is CCCNCC1(Cc2ccc(C)cc2)CCC1. The third-order valence-corrected chi connectivity index (χ3v) is 4.04. The van der Waals surface area contributed by atoms with Gasteiger partial charge in [0.25, 0.3) is 0 Å². The zero-order valence-corrected chi connectivity index (χ0v) is 11.3. The number of aryl methyl sites for hydroxylation is 1. The molecule has 0 radical (unpaired) electrons. The molecule has 0 spiro atoms. The summed E-state index contributed by atoms with van der Waals surface area (Å²) < 4.78 is 0. The first-order valence-corrected chi connectivity index (χ1v) is 7.00. The highest BCUT2D eigenvalue weighted by atomic mass is 14.9. The Morgan fingerprint density at radius 1 is 1.18 bits per heavy atom. The molecule has 0 amide bonds. The Morgan fingerprint density at radius 2 is 1.88 bits per heavy atom. The van der Waals surface area contributed by atoms with E-state index in [4.69, 9.17) is 0 Å². The first-order valence-electron chi connectivity index (χ1n) is 7.00. The lowest BCUT2D eigenvalue weighted by molar-refractivity contribution is 0.130. The molecule has 0 saturated heterocycles. The molecule has 94 valence electrons. The fraction of sp³-hybridized carbons (Fsp3) is 0.625. The molecule has 0 atom stereocenters. The zero-order chi connectivity index (χ0) is 12.1. The van der Waals surface area contributed by atoms with Crippen LogP contribution in [0.1, 0.15) is 43.7 Å². The molecule has 0 bridgehead atoms. The van der Waals surface area contributed by atoms with Crippen molar-refractivity contribution in [2.75, 3.05) is 13.1 Å². The normalized spacial score (nSPS) is 17.8. The molecule has 17 heavy (non-hydrogen) atoms. The molecule has 0 aromatic heterocycles. The second kappa shape index (κ2) is 5.68. The largest absolute Gasteiger partial charge is 0.316 e. The number of nitrogens with one attached hydrogen (secondary N) is 1. The second-order valence-corrected chi connectivity index (χ2v) is 5.69. The number of rotatable bonds is 6.